The van der Waals surface area contributed by atoms with Gasteiger partial charge in [0.2, 0.25) is 0 Å². The van der Waals surface area contributed by atoms with Crippen molar-refractivity contribution in [3.05, 3.63) is 71.3 Å². The molecule has 28 heavy (non-hydrogen) atoms. The lowest BCUT2D eigenvalue weighted by atomic mass is 10.1. The fourth-order valence-electron chi connectivity index (χ4n) is 2.70. The van der Waals surface area contributed by atoms with Crippen LogP contribution >= 0.6 is 11.8 Å². The summed E-state index contributed by atoms with van der Waals surface area (Å²) >= 11 is 1.64. The molecule has 0 atom stereocenters. The van der Waals surface area contributed by atoms with Crippen LogP contribution in [0.2, 0.25) is 0 Å². The van der Waals surface area contributed by atoms with E-state index in [4.69, 9.17) is 0 Å². The van der Waals surface area contributed by atoms with Crippen LogP contribution in [-0.2, 0) is 18.8 Å². The molecule has 0 saturated heterocycles. The van der Waals surface area contributed by atoms with Crippen molar-refractivity contribution in [2.75, 3.05) is 0 Å². The number of aromatic nitrogens is 4. The van der Waals surface area contributed by atoms with Crippen LogP contribution in [0.25, 0.3) is 0 Å². The van der Waals surface area contributed by atoms with Crippen molar-refractivity contribution in [1.29, 1.82) is 0 Å². The van der Waals surface area contributed by atoms with Crippen molar-refractivity contribution >= 4 is 17.7 Å². The van der Waals surface area contributed by atoms with E-state index in [1.165, 1.54) is 5.56 Å². The Morgan fingerprint density at radius 2 is 1.82 bits per heavy atom. The Kier molecular flexibility index (Phi) is 6.81. The van der Waals surface area contributed by atoms with Gasteiger partial charge in [-0.05, 0) is 42.7 Å². The number of hydrogen-bond acceptors (Lipinski definition) is 5. The van der Waals surface area contributed by atoms with Gasteiger partial charge >= 0.3 is 0 Å². The zero-order valence-corrected chi connectivity index (χ0v) is 17.2. The Hall–Kier alpha value is -2.67. The molecule has 0 saturated carbocycles. The molecular weight excluding hydrogens is 370 g/mol. The average molecular weight is 396 g/mol. The summed E-state index contributed by atoms with van der Waals surface area (Å²) in [6, 6.07) is 11.5. The van der Waals surface area contributed by atoms with Crippen molar-refractivity contribution in [3.63, 3.8) is 0 Å². The molecule has 6 nitrogen and oxygen atoms in total. The van der Waals surface area contributed by atoms with Crippen molar-refractivity contribution in [3.8, 4) is 0 Å². The molecule has 2 heterocycles. The molecule has 3 rings (SSSR count). The summed E-state index contributed by atoms with van der Waals surface area (Å²) in [7, 11) is 0. The van der Waals surface area contributed by atoms with Crippen molar-refractivity contribution in [2.45, 2.75) is 44.8 Å². The van der Waals surface area contributed by atoms with E-state index in [1.807, 2.05) is 43.3 Å². The van der Waals surface area contributed by atoms with Gasteiger partial charge in [-0.2, -0.15) is 0 Å². The summed E-state index contributed by atoms with van der Waals surface area (Å²) in [6.45, 7) is 7.48. The topological polar surface area (TPSA) is 72.7 Å². The first-order chi connectivity index (χ1) is 13.5. The number of carbonyl (C=O) groups is 1. The zero-order valence-electron chi connectivity index (χ0n) is 16.4. The van der Waals surface area contributed by atoms with E-state index in [1.54, 1.807) is 24.2 Å². The fraction of sp³-hybridized carbons (Fsp3) is 0.333. The summed E-state index contributed by atoms with van der Waals surface area (Å²) in [5.41, 5.74) is 2.96. The molecule has 0 bridgehead atoms. The first-order valence-corrected chi connectivity index (χ1v) is 10.3. The predicted molar refractivity (Wildman–Crippen MR) is 111 cm³/mol. The minimum absolute atomic E-state index is 0.106. The number of pyridine rings is 1. The van der Waals surface area contributed by atoms with Crippen LogP contribution in [0.3, 0.4) is 0 Å². The number of nitrogens with one attached hydrogen (secondary N) is 1. The van der Waals surface area contributed by atoms with Crippen LogP contribution < -0.4 is 5.32 Å². The fourth-order valence-corrected chi connectivity index (χ4v) is 3.62. The van der Waals surface area contributed by atoms with Crippen molar-refractivity contribution in [1.82, 2.24) is 25.1 Å². The standard InChI is InChI=1S/C21H25N5OS/c1-15(2)13-26-19(12-23-20(27)18-6-4-16(3)5-7-18)24-25-21(26)28-14-17-8-10-22-11-9-17/h4-11,15H,12-14H2,1-3H3,(H,23,27). The van der Waals surface area contributed by atoms with Gasteiger partial charge in [-0.15, -0.1) is 10.2 Å². The zero-order chi connectivity index (χ0) is 19.9. The molecule has 1 N–H and O–H groups in total. The van der Waals surface area contributed by atoms with Crippen molar-refractivity contribution in [2.24, 2.45) is 5.92 Å². The third-order valence-corrected chi connectivity index (χ3v) is 5.22. The van der Waals surface area contributed by atoms with Gasteiger partial charge in [0.15, 0.2) is 11.0 Å². The third kappa shape index (κ3) is 5.42. The number of carbonyl (C=O) groups excluding carboxylic acids is 1. The van der Waals surface area contributed by atoms with Crippen LogP contribution in [0.4, 0.5) is 0 Å². The van der Waals surface area contributed by atoms with E-state index in [-0.39, 0.29) is 5.91 Å². The Bertz CT molecular complexity index is 906. The smallest absolute Gasteiger partial charge is 0.251 e. The molecule has 0 aliphatic carbocycles. The monoisotopic (exact) mass is 395 g/mol. The van der Waals surface area contributed by atoms with Crippen molar-refractivity contribution < 1.29 is 4.79 Å². The Morgan fingerprint density at radius 3 is 2.50 bits per heavy atom. The van der Waals surface area contributed by atoms with Gasteiger partial charge < -0.3 is 9.88 Å². The molecule has 0 unspecified atom stereocenters. The van der Waals surface area contributed by atoms with E-state index >= 15 is 0 Å². The molecule has 2 aromatic heterocycles. The number of benzene rings is 1. The van der Waals surface area contributed by atoms with E-state index in [2.05, 4.69) is 38.9 Å². The Balaban J connectivity index is 1.68. The molecule has 146 valence electrons. The molecule has 7 heteroatoms. The summed E-state index contributed by atoms with van der Waals surface area (Å²) in [4.78, 5) is 16.4. The quantitative estimate of drug-likeness (QED) is 0.586. The van der Waals surface area contributed by atoms with Crippen LogP contribution in [0, 0.1) is 12.8 Å². The maximum atomic E-state index is 12.4. The number of hydrogen-bond donors (Lipinski definition) is 1. The van der Waals surface area contributed by atoms with Gasteiger partial charge in [0.25, 0.3) is 5.91 Å². The molecule has 0 fully saturated rings. The first-order valence-electron chi connectivity index (χ1n) is 9.31. The summed E-state index contributed by atoms with van der Waals surface area (Å²) in [5, 5.41) is 12.5. The van der Waals surface area contributed by atoms with Gasteiger partial charge in [0.05, 0.1) is 6.54 Å². The maximum absolute atomic E-state index is 12.4. The average Bonchev–Trinajstić information content (AvgIpc) is 3.06. The molecular formula is C21H25N5OS. The summed E-state index contributed by atoms with van der Waals surface area (Å²) in [6.07, 6.45) is 3.58. The number of amides is 1. The second-order valence-corrected chi connectivity index (χ2v) is 8.04. The van der Waals surface area contributed by atoms with Crippen LogP contribution in [0.15, 0.2) is 53.9 Å². The molecule has 3 aromatic rings. The SMILES string of the molecule is Cc1ccc(C(=O)NCc2nnc(SCc3ccncc3)n2CC(C)C)cc1. The summed E-state index contributed by atoms with van der Waals surface area (Å²) < 4.78 is 2.10. The van der Waals surface area contributed by atoms with Gasteiger partial charge in [-0.1, -0.05) is 43.3 Å². The highest BCUT2D eigenvalue weighted by atomic mass is 32.2. The molecule has 1 amide bonds. The largest absolute Gasteiger partial charge is 0.345 e. The predicted octanol–water partition coefficient (Wildman–Crippen LogP) is 3.86. The molecule has 0 radical (unpaired) electrons. The lowest BCUT2D eigenvalue weighted by molar-refractivity contribution is 0.0949. The molecule has 0 aliphatic rings. The minimum Gasteiger partial charge on any atom is -0.345 e. The van der Waals surface area contributed by atoms with Gasteiger partial charge in [0.1, 0.15) is 0 Å². The highest BCUT2D eigenvalue weighted by Gasteiger charge is 2.15. The van der Waals surface area contributed by atoms with E-state index < -0.39 is 0 Å². The highest BCUT2D eigenvalue weighted by molar-refractivity contribution is 7.98. The Labute approximate surface area is 169 Å². The molecule has 0 spiro atoms. The van der Waals surface area contributed by atoms with E-state index in [0.717, 1.165) is 28.8 Å². The lowest BCUT2D eigenvalue weighted by Gasteiger charge is -2.13. The number of nitrogens with zero attached hydrogens (tertiary/aromatic N) is 4. The van der Waals surface area contributed by atoms with Gasteiger partial charge in [-0.3, -0.25) is 9.78 Å². The number of rotatable bonds is 8. The van der Waals surface area contributed by atoms with E-state index in [0.29, 0.717) is 18.0 Å². The molecule has 1 aromatic carbocycles. The third-order valence-electron chi connectivity index (χ3n) is 4.18. The van der Waals surface area contributed by atoms with Crippen LogP contribution in [-0.4, -0.2) is 25.7 Å². The minimum atomic E-state index is -0.106. The second-order valence-electron chi connectivity index (χ2n) is 7.10. The first kappa shape index (κ1) is 20.1. The highest BCUT2D eigenvalue weighted by Crippen LogP contribution is 2.22. The van der Waals surface area contributed by atoms with Crippen LogP contribution in [0.1, 0.15) is 41.2 Å². The van der Waals surface area contributed by atoms with Gasteiger partial charge in [-0.25, -0.2) is 0 Å². The molecule has 0 aliphatic heterocycles. The van der Waals surface area contributed by atoms with Gasteiger partial charge in [0, 0.05) is 30.3 Å². The summed E-state index contributed by atoms with van der Waals surface area (Å²) in [5.74, 6) is 1.91. The maximum Gasteiger partial charge on any atom is 0.251 e. The van der Waals surface area contributed by atoms with E-state index in [9.17, 15) is 4.79 Å². The Morgan fingerprint density at radius 1 is 1.11 bits per heavy atom. The van der Waals surface area contributed by atoms with Crippen LogP contribution in [0.5, 0.6) is 0 Å². The normalized spacial score (nSPS) is 11.0. The lowest BCUT2D eigenvalue weighted by Crippen LogP contribution is -2.25. The number of thioether (sulfide) groups is 1. The number of aryl methyl sites for hydroxylation is 1. The second kappa shape index (κ2) is 9.50.